The number of anilines is 1. The van der Waals surface area contributed by atoms with Gasteiger partial charge < -0.3 is 4.74 Å². The van der Waals surface area contributed by atoms with Crippen LogP contribution in [0.15, 0.2) is 78.4 Å². The number of hydrogen-bond acceptors (Lipinski definition) is 4. The van der Waals surface area contributed by atoms with Crippen molar-refractivity contribution in [2.45, 2.75) is 13.5 Å². The lowest BCUT2D eigenvalue weighted by molar-refractivity contribution is -0.122. The average molecular weight is 463 g/mol. The van der Waals surface area contributed by atoms with E-state index in [1.165, 1.54) is 11.0 Å². The lowest BCUT2D eigenvalue weighted by atomic mass is 10.1. The number of halogens is 1. The molecule has 5 nitrogen and oxygen atoms in total. The topological polar surface area (TPSA) is 58.6 Å². The monoisotopic (exact) mass is 462 g/mol. The van der Waals surface area contributed by atoms with Crippen LogP contribution in [0.4, 0.5) is 5.69 Å². The fourth-order valence-corrected chi connectivity index (χ4v) is 3.85. The van der Waals surface area contributed by atoms with Gasteiger partial charge in [-0.3, -0.25) is 19.8 Å². The molecule has 7 heteroatoms. The SMILES string of the molecule is Cc1cccc(COc2ccc(/C=C3/C(=O)NC(=S)N(c4ccccc4)C3=O)cc2Cl)c1. The van der Waals surface area contributed by atoms with Gasteiger partial charge in [-0.25, -0.2) is 0 Å². The Hall–Kier alpha value is -3.48. The van der Waals surface area contributed by atoms with Crippen molar-refractivity contribution in [2.24, 2.45) is 0 Å². The number of amides is 2. The highest BCUT2D eigenvalue weighted by atomic mass is 35.5. The van der Waals surface area contributed by atoms with Gasteiger partial charge >= 0.3 is 0 Å². The third kappa shape index (κ3) is 4.72. The summed E-state index contributed by atoms with van der Waals surface area (Å²) in [5.74, 6) is -0.536. The summed E-state index contributed by atoms with van der Waals surface area (Å²) >= 11 is 11.6. The van der Waals surface area contributed by atoms with Gasteiger partial charge in [0.05, 0.1) is 10.7 Å². The minimum Gasteiger partial charge on any atom is -0.487 e. The highest BCUT2D eigenvalue weighted by molar-refractivity contribution is 7.80. The molecule has 4 rings (SSSR count). The van der Waals surface area contributed by atoms with Crippen LogP contribution in [0.5, 0.6) is 5.75 Å². The summed E-state index contributed by atoms with van der Waals surface area (Å²) < 4.78 is 5.83. The van der Waals surface area contributed by atoms with Gasteiger partial charge in [-0.2, -0.15) is 0 Å². The standard InChI is InChI=1S/C25H19ClN2O3S/c1-16-6-5-7-18(12-16)15-31-22-11-10-17(14-21(22)26)13-20-23(29)27-25(32)28(24(20)30)19-8-3-2-4-9-19/h2-14H,15H2,1H3,(H,27,29,32)/b20-13-. The smallest absolute Gasteiger partial charge is 0.270 e. The number of nitrogens with one attached hydrogen (secondary N) is 1. The van der Waals surface area contributed by atoms with E-state index in [0.29, 0.717) is 28.6 Å². The van der Waals surface area contributed by atoms with Gasteiger partial charge in [-0.15, -0.1) is 0 Å². The van der Waals surface area contributed by atoms with Gasteiger partial charge in [0.1, 0.15) is 17.9 Å². The lowest BCUT2D eigenvalue weighted by Crippen LogP contribution is -2.54. The zero-order valence-corrected chi connectivity index (χ0v) is 18.7. The summed E-state index contributed by atoms with van der Waals surface area (Å²) in [6.07, 6.45) is 1.49. The van der Waals surface area contributed by atoms with Gasteiger partial charge in [-0.05, 0) is 60.6 Å². The molecule has 0 radical (unpaired) electrons. The summed E-state index contributed by atoms with van der Waals surface area (Å²) in [7, 11) is 0. The first kappa shape index (κ1) is 21.7. The average Bonchev–Trinajstić information content (AvgIpc) is 2.77. The van der Waals surface area contributed by atoms with E-state index in [-0.39, 0.29) is 10.7 Å². The molecule has 3 aromatic carbocycles. The predicted molar refractivity (Wildman–Crippen MR) is 130 cm³/mol. The summed E-state index contributed by atoms with van der Waals surface area (Å²) in [5, 5.41) is 2.99. The Morgan fingerprint density at radius 3 is 2.53 bits per heavy atom. The first-order valence-corrected chi connectivity index (χ1v) is 10.7. The number of benzene rings is 3. The van der Waals surface area contributed by atoms with Crippen molar-refractivity contribution in [3.8, 4) is 5.75 Å². The van der Waals surface area contributed by atoms with Crippen molar-refractivity contribution >= 4 is 52.5 Å². The Balaban J connectivity index is 1.56. The van der Waals surface area contributed by atoms with Crippen LogP contribution in [0.1, 0.15) is 16.7 Å². The molecule has 0 bridgehead atoms. The first-order chi connectivity index (χ1) is 15.4. The number of hydrogen-bond donors (Lipinski definition) is 1. The normalized spacial score (nSPS) is 15.1. The fourth-order valence-electron chi connectivity index (χ4n) is 3.32. The zero-order chi connectivity index (χ0) is 22.7. The van der Waals surface area contributed by atoms with Crippen LogP contribution in [-0.4, -0.2) is 16.9 Å². The van der Waals surface area contributed by atoms with Crippen LogP contribution in [0, 0.1) is 6.92 Å². The molecule has 0 saturated carbocycles. The molecule has 32 heavy (non-hydrogen) atoms. The molecule has 0 aliphatic carbocycles. The van der Waals surface area contributed by atoms with Gasteiger partial charge in [-0.1, -0.05) is 65.7 Å². The van der Waals surface area contributed by atoms with Crippen LogP contribution in [-0.2, 0) is 16.2 Å². The van der Waals surface area contributed by atoms with E-state index in [4.69, 9.17) is 28.6 Å². The second kappa shape index (κ2) is 9.34. The highest BCUT2D eigenvalue weighted by Crippen LogP contribution is 2.28. The summed E-state index contributed by atoms with van der Waals surface area (Å²) in [4.78, 5) is 26.8. The van der Waals surface area contributed by atoms with E-state index in [1.807, 2.05) is 37.3 Å². The van der Waals surface area contributed by atoms with Crippen molar-refractivity contribution in [3.63, 3.8) is 0 Å². The molecule has 0 atom stereocenters. The van der Waals surface area contributed by atoms with E-state index < -0.39 is 11.8 Å². The molecule has 3 aromatic rings. The van der Waals surface area contributed by atoms with E-state index in [0.717, 1.165) is 11.1 Å². The van der Waals surface area contributed by atoms with Gasteiger partial charge in [0.25, 0.3) is 11.8 Å². The van der Waals surface area contributed by atoms with Crippen LogP contribution >= 0.6 is 23.8 Å². The van der Waals surface area contributed by atoms with Crippen LogP contribution in [0.3, 0.4) is 0 Å². The van der Waals surface area contributed by atoms with E-state index >= 15 is 0 Å². The quantitative estimate of drug-likeness (QED) is 0.327. The fraction of sp³-hybridized carbons (Fsp3) is 0.0800. The molecule has 1 heterocycles. The number of rotatable bonds is 5. The molecule has 0 aromatic heterocycles. The second-order valence-electron chi connectivity index (χ2n) is 7.26. The van der Waals surface area contributed by atoms with Crippen molar-refractivity contribution in [1.82, 2.24) is 5.32 Å². The lowest BCUT2D eigenvalue weighted by Gasteiger charge is -2.28. The molecule has 1 fully saturated rings. The molecule has 1 N–H and O–H groups in total. The van der Waals surface area contributed by atoms with E-state index in [2.05, 4.69) is 5.32 Å². The minimum atomic E-state index is -0.553. The van der Waals surface area contributed by atoms with E-state index in [1.54, 1.807) is 42.5 Å². The molecule has 1 aliphatic heterocycles. The molecule has 2 amide bonds. The molecular weight excluding hydrogens is 444 g/mol. The molecule has 1 saturated heterocycles. The molecule has 0 spiro atoms. The summed E-state index contributed by atoms with van der Waals surface area (Å²) in [5.41, 5.74) is 3.32. The third-order valence-electron chi connectivity index (χ3n) is 4.86. The number of para-hydroxylation sites is 1. The molecule has 0 unspecified atom stereocenters. The Morgan fingerprint density at radius 1 is 1.03 bits per heavy atom. The Kier molecular flexibility index (Phi) is 6.35. The predicted octanol–water partition coefficient (Wildman–Crippen LogP) is 5.06. The van der Waals surface area contributed by atoms with Crippen molar-refractivity contribution < 1.29 is 14.3 Å². The number of nitrogens with zero attached hydrogens (tertiary/aromatic N) is 1. The zero-order valence-electron chi connectivity index (χ0n) is 17.2. The largest absolute Gasteiger partial charge is 0.487 e. The molecule has 1 aliphatic rings. The van der Waals surface area contributed by atoms with Crippen LogP contribution in [0.25, 0.3) is 6.08 Å². The van der Waals surface area contributed by atoms with E-state index in [9.17, 15) is 9.59 Å². The summed E-state index contributed by atoms with van der Waals surface area (Å²) in [6, 6.07) is 22.0. The molecular formula is C25H19ClN2O3S. The molecule has 160 valence electrons. The maximum absolute atomic E-state index is 13.0. The maximum Gasteiger partial charge on any atom is 0.270 e. The maximum atomic E-state index is 13.0. The van der Waals surface area contributed by atoms with Gasteiger partial charge in [0, 0.05) is 0 Å². The Bertz CT molecular complexity index is 1240. The number of thiocarbonyl (C=S) groups is 1. The van der Waals surface area contributed by atoms with Gasteiger partial charge in [0.2, 0.25) is 0 Å². The first-order valence-electron chi connectivity index (χ1n) is 9.87. The van der Waals surface area contributed by atoms with Crippen molar-refractivity contribution in [2.75, 3.05) is 4.90 Å². The number of carbonyl (C=O) groups is 2. The number of ether oxygens (including phenoxy) is 1. The third-order valence-corrected chi connectivity index (χ3v) is 5.44. The minimum absolute atomic E-state index is 0.0352. The van der Waals surface area contributed by atoms with Crippen molar-refractivity contribution in [3.05, 3.63) is 100 Å². The van der Waals surface area contributed by atoms with Crippen molar-refractivity contribution in [1.29, 1.82) is 0 Å². The summed E-state index contributed by atoms with van der Waals surface area (Å²) in [6.45, 7) is 2.40. The number of aryl methyl sites for hydroxylation is 1. The Labute approximate surface area is 196 Å². The van der Waals surface area contributed by atoms with Gasteiger partial charge in [0.15, 0.2) is 5.11 Å². The Morgan fingerprint density at radius 2 is 1.81 bits per heavy atom. The van der Waals surface area contributed by atoms with Crippen LogP contribution in [0.2, 0.25) is 5.02 Å². The number of carbonyl (C=O) groups excluding carboxylic acids is 2. The second-order valence-corrected chi connectivity index (χ2v) is 8.05. The van der Waals surface area contributed by atoms with Crippen LogP contribution < -0.4 is 15.0 Å². The highest BCUT2D eigenvalue weighted by Gasteiger charge is 2.34.